The van der Waals surface area contributed by atoms with Crippen LogP contribution in [0.5, 0.6) is 5.75 Å². The van der Waals surface area contributed by atoms with Crippen LogP contribution in [0.4, 0.5) is 5.69 Å². The maximum Gasteiger partial charge on any atom is 0.286 e. The van der Waals surface area contributed by atoms with Crippen LogP contribution >= 0.6 is 15.9 Å². The van der Waals surface area contributed by atoms with Gasteiger partial charge in [-0.3, -0.25) is 9.48 Å². The third-order valence-electron chi connectivity index (χ3n) is 3.61. The smallest absolute Gasteiger partial charge is 0.286 e. The zero-order valence-electron chi connectivity index (χ0n) is 12.6. The van der Waals surface area contributed by atoms with Gasteiger partial charge in [-0.1, -0.05) is 30.3 Å². The molecule has 0 atom stereocenters. The molecule has 0 unspecified atom stereocenters. The van der Waals surface area contributed by atoms with Crippen LogP contribution in [0, 0.1) is 0 Å². The van der Waals surface area contributed by atoms with Crippen LogP contribution in [0.3, 0.4) is 0 Å². The van der Waals surface area contributed by atoms with Gasteiger partial charge in [0.05, 0.1) is 17.1 Å². The highest BCUT2D eigenvalue weighted by Crippen LogP contribution is 2.23. The first kappa shape index (κ1) is 15.4. The summed E-state index contributed by atoms with van der Waals surface area (Å²) in [7, 11) is 1.83. The molecule has 3 rings (SSSR count). The van der Waals surface area contributed by atoms with E-state index in [1.54, 1.807) is 21.5 Å². The lowest BCUT2D eigenvalue weighted by atomic mass is 10.3. The summed E-state index contributed by atoms with van der Waals surface area (Å²) in [6.45, 7) is 0.236. The first-order valence-corrected chi connectivity index (χ1v) is 7.88. The molecule has 0 bridgehead atoms. The van der Waals surface area contributed by atoms with Gasteiger partial charge >= 0.3 is 0 Å². The molecular weight excluding hydrogens is 358 g/mol. The average Bonchev–Trinajstić information content (AvgIpc) is 2.78. The molecule has 0 aliphatic rings. The Morgan fingerprint density at radius 3 is 2.43 bits per heavy atom. The second-order valence-corrected chi connectivity index (χ2v) is 5.86. The van der Waals surface area contributed by atoms with Gasteiger partial charge in [0.2, 0.25) is 0 Å². The number of para-hydroxylation sites is 3. The Kier molecular flexibility index (Phi) is 4.25. The molecular formula is C17H16BrN3O2. The van der Waals surface area contributed by atoms with Crippen molar-refractivity contribution >= 4 is 21.6 Å². The Morgan fingerprint density at radius 1 is 1.09 bits per heavy atom. The van der Waals surface area contributed by atoms with Crippen LogP contribution in [0.15, 0.2) is 63.9 Å². The lowest BCUT2D eigenvalue weighted by Crippen LogP contribution is -2.19. The van der Waals surface area contributed by atoms with Crippen LogP contribution < -0.4 is 16.0 Å². The van der Waals surface area contributed by atoms with Crippen molar-refractivity contribution in [3.8, 4) is 11.4 Å². The number of benzene rings is 2. The summed E-state index contributed by atoms with van der Waals surface area (Å²) in [5.41, 5.74) is 7.85. The zero-order valence-corrected chi connectivity index (χ0v) is 14.2. The summed E-state index contributed by atoms with van der Waals surface area (Å²) in [5.74, 6) is 0.597. The fourth-order valence-electron chi connectivity index (χ4n) is 2.39. The van der Waals surface area contributed by atoms with Crippen molar-refractivity contribution in [3.63, 3.8) is 0 Å². The predicted molar refractivity (Wildman–Crippen MR) is 93.9 cm³/mol. The highest BCUT2D eigenvalue weighted by Gasteiger charge is 2.17. The number of nitrogens with zero attached hydrogens (tertiary/aromatic N) is 2. The summed E-state index contributed by atoms with van der Waals surface area (Å²) >= 11 is 3.38. The van der Waals surface area contributed by atoms with Gasteiger partial charge in [-0.15, -0.1) is 0 Å². The highest BCUT2D eigenvalue weighted by atomic mass is 79.9. The van der Waals surface area contributed by atoms with Gasteiger partial charge in [0, 0.05) is 7.05 Å². The van der Waals surface area contributed by atoms with Gasteiger partial charge in [0.15, 0.2) is 0 Å². The Bertz CT molecular complexity index is 885. The second-order valence-electron chi connectivity index (χ2n) is 5.06. The topological polar surface area (TPSA) is 62.2 Å². The molecule has 2 N–H and O–H groups in total. The van der Waals surface area contributed by atoms with Gasteiger partial charge in [-0.25, -0.2) is 4.68 Å². The van der Waals surface area contributed by atoms with Crippen molar-refractivity contribution in [3.05, 3.63) is 75.1 Å². The summed E-state index contributed by atoms with van der Waals surface area (Å²) in [6, 6.07) is 16.7. The molecule has 3 aromatic rings. The van der Waals surface area contributed by atoms with Crippen LogP contribution in [-0.4, -0.2) is 9.36 Å². The van der Waals surface area contributed by atoms with Gasteiger partial charge in [0.25, 0.3) is 5.56 Å². The van der Waals surface area contributed by atoms with E-state index in [9.17, 15) is 4.79 Å². The van der Waals surface area contributed by atoms with Gasteiger partial charge in [-0.05, 0) is 40.2 Å². The molecule has 118 valence electrons. The molecule has 0 aliphatic heterocycles. The van der Waals surface area contributed by atoms with E-state index in [-0.39, 0.29) is 12.2 Å². The summed E-state index contributed by atoms with van der Waals surface area (Å²) < 4.78 is 9.62. The second kappa shape index (κ2) is 6.34. The average molecular weight is 374 g/mol. The first-order chi connectivity index (χ1) is 11.1. The molecule has 0 spiro atoms. The van der Waals surface area contributed by atoms with E-state index < -0.39 is 0 Å². The molecule has 0 fully saturated rings. The summed E-state index contributed by atoms with van der Waals surface area (Å²) in [6.07, 6.45) is 0. The van der Waals surface area contributed by atoms with E-state index >= 15 is 0 Å². The number of nitrogens with two attached hydrogens (primary N) is 1. The summed E-state index contributed by atoms with van der Waals surface area (Å²) in [5, 5.41) is 0. The SMILES string of the molecule is Cn1c(COc2ccccc2N)c(Br)c(=O)n1-c1ccccc1. The monoisotopic (exact) mass is 373 g/mol. The standard InChI is InChI=1S/C17H16BrN3O2/c1-20-14(11-23-15-10-6-5-9-13(15)19)16(18)17(22)21(20)12-7-3-2-4-8-12/h2-10H,11,19H2,1H3. The van der Waals surface area contributed by atoms with Crippen molar-refractivity contribution in [2.75, 3.05) is 5.73 Å². The first-order valence-electron chi connectivity index (χ1n) is 7.08. The maximum absolute atomic E-state index is 12.5. The number of rotatable bonds is 4. The Balaban J connectivity index is 1.95. The van der Waals surface area contributed by atoms with Gasteiger partial charge in [0.1, 0.15) is 16.8 Å². The molecule has 5 nitrogen and oxygen atoms in total. The molecule has 1 aromatic heterocycles. The minimum absolute atomic E-state index is 0.127. The van der Waals surface area contributed by atoms with Crippen molar-refractivity contribution in [1.29, 1.82) is 0 Å². The molecule has 0 aliphatic carbocycles. The van der Waals surface area contributed by atoms with Gasteiger partial charge in [-0.2, -0.15) is 0 Å². The lowest BCUT2D eigenvalue weighted by Gasteiger charge is -2.12. The molecule has 6 heteroatoms. The normalized spacial score (nSPS) is 10.7. The van der Waals surface area contributed by atoms with Crippen molar-refractivity contribution in [2.24, 2.45) is 7.05 Å². The van der Waals surface area contributed by atoms with E-state index in [0.29, 0.717) is 15.9 Å². The van der Waals surface area contributed by atoms with Crippen LogP contribution in [0.25, 0.3) is 5.69 Å². The van der Waals surface area contributed by atoms with Gasteiger partial charge < -0.3 is 10.5 Å². The minimum Gasteiger partial charge on any atom is -0.485 e. The van der Waals surface area contributed by atoms with E-state index in [1.165, 1.54) is 0 Å². The molecule has 1 heterocycles. The fourth-order valence-corrected chi connectivity index (χ4v) is 2.93. The van der Waals surface area contributed by atoms with Crippen LogP contribution in [0.2, 0.25) is 0 Å². The zero-order chi connectivity index (χ0) is 16.4. The van der Waals surface area contributed by atoms with Crippen molar-refractivity contribution in [2.45, 2.75) is 6.61 Å². The molecule has 0 saturated carbocycles. The molecule has 23 heavy (non-hydrogen) atoms. The van der Waals surface area contributed by atoms with Crippen LogP contribution in [0.1, 0.15) is 5.69 Å². The summed E-state index contributed by atoms with van der Waals surface area (Å²) in [4.78, 5) is 12.5. The van der Waals surface area contributed by atoms with E-state index in [4.69, 9.17) is 10.5 Å². The third-order valence-corrected chi connectivity index (χ3v) is 4.41. The number of nitrogen functional groups attached to an aromatic ring is 1. The van der Waals surface area contributed by atoms with E-state index in [2.05, 4.69) is 15.9 Å². The third kappa shape index (κ3) is 2.90. The van der Waals surface area contributed by atoms with E-state index in [1.807, 2.05) is 49.5 Å². The largest absolute Gasteiger partial charge is 0.485 e. The molecule has 2 aromatic carbocycles. The number of aromatic nitrogens is 2. The minimum atomic E-state index is -0.127. The molecule has 0 amide bonds. The number of anilines is 1. The number of hydrogen-bond acceptors (Lipinski definition) is 3. The molecule has 0 saturated heterocycles. The fraction of sp³-hybridized carbons (Fsp3) is 0.118. The Morgan fingerprint density at radius 2 is 1.74 bits per heavy atom. The van der Waals surface area contributed by atoms with Crippen molar-refractivity contribution in [1.82, 2.24) is 9.36 Å². The quantitative estimate of drug-likeness (QED) is 0.714. The number of ether oxygens (including phenoxy) is 1. The lowest BCUT2D eigenvalue weighted by molar-refractivity contribution is 0.294. The number of hydrogen-bond donors (Lipinski definition) is 1. The Labute approximate surface area is 142 Å². The maximum atomic E-state index is 12.5. The highest BCUT2D eigenvalue weighted by molar-refractivity contribution is 9.10. The number of halogens is 1. The van der Waals surface area contributed by atoms with E-state index in [0.717, 1.165) is 11.4 Å². The predicted octanol–water partition coefficient (Wildman–Crippen LogP) is 3.10. The van der Waals surface area contributed by atoms with Crippen molar-refractivity contribution < 1.29 is 4.74 Å². The molecule has 0 radical (unpaired) electrons. The van der Waals surface area contributed by atoms with Crippen LogP contribution in [-0.2, 0) is 13.7 Å². The Hall–Kier alpha value is -2.47.